The average molecular weight is 280 g/mol. The van der Waals surface area contributed by atoms with Gasteiger partial charge >= 0.3 is 0 Å². The molecule has 0 amide bonds. The quantitative estimate of drug-likeness (QED) is 0.775. The maximum Gasteiger partial charge on any atom is 0.225 e. The average Bonchev–Trinajstić information content (AvgIpc) is 2.48. The second-order valence-corrected chi connectivity index (χ2v) is 5.97. The fourth-order valence-corrected chi connectivity index (χ4v) is 2.95. The van der Waals surface area contributed by atoms with Crippen molar-refractivity contribution in [3.8, 4) is 0 Å². The Kier molecular flexibility index (Phi) is 6.44. The first-order valence-corrected chi connectivity index (χ1v) is 8.54. The molecular formula is C14H24N4S. The zero-order valence-electron chi connectivity index (χ0n) is 11.7. The molecule has 2 rings (SSSR count). The molecule has 1 aromatic rings. The standard InChI is InChI=1S/C14H24N4S/c1-19-11-3-2-7-15-13-6-4-10-18(12-13)14-16-8-5-9-17-14/h5,8-9,13,15H,2-4,6-7,10-12H2,1H3. The minimum absolute atomic E-state index is 0.590. The van der Waals surface area contributed by atoms with E-state index in [9.17, 15) is 0 Å². The predicted octanol–water partition coefficient (Wildman–Crippen LogP) is 2.18. The Labute approximate surface area is 120 Å². The maximum atomic E-state index is 4.34. The molecule has 19 heavy (non-hydrogen) atoms. The molecule has 4 nitrogen and oxygen atoms in total. The van der Waals surface area contributed by atoms with Crippen LogP contribution in [0.1, 0.15) is 25.7 Å². The van der Waals surface area contributed by atoms with E-state index in [4.69, 9.17) is 0 Å². The topological polar surface area (TPSA) is 41.0 Å². The third-order valence-electron chi connectivity index (χ3n) is 3.46. The number of hydrogen-bond acceptors (Lipinski definition) is 5. The number of thioether (sulfide) groups is 1. The molecule has 1 saturated heterocycles. The van der Waals surface area contributed by atoms with E-state index in [1.165, 1.54) is 31.4 Å². The first-order valence-electron chi connectivity index (χ1n) is 7.14. The van der Waals surface area contributed by atoms with E-state index >= 15 is 0 Å². The van der Waals surface area contributed by atoms with Crippen LogP contribution in [0.3, 0.4) is 0 Å². The normalized spacial score (nSPS) is 19.6. The van der Waals surface area contributed by atoms with E-state index in [0.29, 0.717) is 6.04 Å². The van der Waals surface area contributed by atoms with E-state index in [-0.39, 0.29) is 0 Å². The first-order chi connectivity index (χ1) is 9.40. The van der Waals surface area contributed by atoms with Crippen LogP contribution in [0.4, 0.5) is 5.95 Å². The molecule has 1 aliphatic rings. The Morgan fingerprint density at radius 2 is 2.21 bits per heavy atom. The maximum absolute atomic E-state index is 4.34. The van der Waals surface area contributed by atoms with Crippen molar-refractivity contribution >= 4 is 17.7 Å². The van der Waals surface area contributed by atoms with Gasteiger partial charge in [-0.05, 0) is 50.3 Å². The highest BCUT2D eigenvalue weighted by molar-refractivity contribution is 7.98. The highest BCUT2D eigenvalue weighted by atomic mass is 32.2. The Morgan fingerprint density at radius 1 is 1.37 bits per heavy atom. The number of piperidine rings is 1. The molecule has 1 N–H and O–H groups in total. The minimum Gasteiger partial charge on any atom is -0.339 e. The zero-order valence-corrected chi connectivity index (χ0v) is 12.5. The van der Waals surface area contributed by atoms with Crippen LogP contribution < -0.4 is 10.2 Å². The van der Waals surface area contributed by atoms with Gasteiger partial charge in [-0.15, -0.1) is 0 Å². The molecule has 2 heterocycles. The van der Waals surface area contributed by atoms with Crippen molar-refractivity contribution in [2.24, 2.45) is 0 Å². The Bertz CT molecular complexity index is 347. The van der Waals surface area contributed by atoms with Crippen molar-refractivity contribution < 1.29 is 0 Å². The predicted molar refractivity (Wildman–Crippen MR) is 82.9 cm³/mol. The molecule has 0 aliphatic carbocycles. The number of nitrogens with zero attached hydrogens (tertiary/aromatic N) is 3. The monoisotopic (exact) mass is 280 g/mol. The zero-order chi connectivity index (χ0) is 13.3. The lowest BCUT2D eigenvalue weighted by Crippen LogP contribution is -2.46. The van der Waals surface area contributed by atoms with E-state index < -0.39 is 0 Å². The van der Waals surface area contributed by atoms with Gasteiger partial charge in [0.25, 0.3) is 0 Å². The summed E-state index contributed by atoms with van der Waals surface area (Å²) in [5.74, 6) is 2.15. The van der Waals surface area contributed by atoms with Gasteiger partial charge in [0.15, 0.2) is 0 Å². The minimum atomic E-state index is 0.590. The van der Waals surface area contributed by atoms with Crippen molar-refractivity contribution in [1.29, 1.82) is 0 Å². The molecule has 1 aromatic heterocycles. The number of hydrogen-bond donors (Lipinski definition) is 1. The molecule has 0 aromatic carbocycles. The summed E-state index contributed by atoms with van der Waals surface area (Å²) >= 11 is 1.93. The van der Waals surface area contributed by atoms with Gasteiger partial charge < -0.3 is 10.2 Å². The van der Waals surface area contributed by atoms with Crippen molar-refractivity contribution in [3.63, 3.8) is 0 Å². The van der Waals surface area contributed by atoms with Gasteiger partial charge in [0.1, 0.15) is 0 Å². The van der Waals surface area contributed by atoms with Gasteiger partial charge in [-0.3, -0.25) is 0 Å². The number of anilines is 1. The molecule has 1 unspecified atom stereocenters. The summed E-state index contributed by atoms with van der Waals surface area (Å²) in [6, 6.07) is 2.46. The van der Waals surface area contributed by atoms with Crippen molar-refractivity contribution in [1.82, 2.24) is 15.3 Å². The molecule has 1 atom stereocenters. The molecular weight excluding hydrogens is 256 g/mol. The van der Waals surface area contributed by atoms with Crippen LogP contribution in [0.15, 0.2) is 18.5 Å². The first kappa shape index (κ1) is 14.6. The van der Waals surface area contributed by atoms with Crippen LogP contribution in [-0.4, -0.2) is 47.7 Å². The van der Waals surface area contributed by atoms with Crippen LogP contribution in [0.25, 0.3) is 0 Å². The summed E-state index contributed by atoms with van der Waals surface area (Å²) in [5.41, 5.74) is 0. The van der Waals surface area contributed by atoms with Gasteiger partial charge in [-0.25, -0.2) is 9.97 Å². The summed E-state index contributed by atoms with van der Waals surface area (Å²) in [5, 5.41) is 3.67. The van der Waals surface area contributed by atoms with Gasteiger partial charge in [0.05, 0.1) is 0 Å². The third-order valence-corrected chi connectivity index (χ3v) is 4.16. The lowest BCUT2D eigenvalue weighted by atomic mass is 10.1. The van der Waals surface area contributed by atoms with E-state index in [1.807, 2.05) is 30.2 Å². The number of rotatable bonds is 7. The van der Waals surface area contributed by atoms with Crippen LogP contribution in [0.5, 0.6) is 0 Å². The Hall–Kier alpha value is -0.810. The van der Waals surface area contributed by atoms with E-state index in [0.717, 1.165) is 25.6 Å². The van der Waals surface area contributed by atoms with Gasteiger partial charge in [-0.1, -0.05) is 0 Å². The SMILES string of the molecule is CSCCCCNC1CCCN(c2ncccn2)C1. The fourth-order valence-electron chi connectivity index (χ4n) is 2.46. The molecule has 0 radical (unpaired) electrons. The second kappa shape index (κ2) is 8.38. The number of aromatic nitrogens is 2. The molecule has 106 valence electrons. The van der Waals surface area contributed by atoms with Gasteiger partial charge in [0, 0.05) is 31.5 Å². The van der Waals surface area contributed by atoms with Crippen LogP contribution in [-0.2, 0) is 0 Å². The highest BCUT2D eigenvalue weighted by Gasteiger charge is 2.20. The van der Waals surface area contributed by atoms with Crippen LogP contribution >= 0.6 is 11.8 Å². The fraction of sp³-hybridized carbons (Fsp3) is 0.714. The largest absolute Gasteiger partial charge is 0.339 e. The van der Waals surface area contributed by atoms with Crippen LogP contribution in [0, 0.1) is 0 Å². The van der Waals surface area contributed by atoms with Gasteiger partial charge in [0.2, 0.25) is 5.95 Å². The summed E-state index contributed by atoms with van der Waals surface area (Å²) in [6.07, 6.45) is 10.9. The third kappa shape index (κ3) is 4.99. The molecule has 5 heteroatoms. The smallest absolute Gasteiger partial charge is 0.225 e. The van der Waals surface area contributed by atoms with E-state index in [1.54, 1.807) is 0 Å². The van der Waals surface area contributed by atoms with Crippen LogP contribution in [0.2, 0.25) is 0 Å². The number of nitrogens with one attached hydrogen (secondary N) is 1. The Morgan fingerprint density at radius 3 is 3.00 bits per heavy atom. The van der Waals surface area contributed by atoms with Gasteiger partial charge in [-0.2, -0.15) is 11.8 Å². The highest BCUT2D eigenvalue weighted by Crippen LogP contribution is 2.15. The van der Waals surface area contributed by atoms with E-state index in [2.05, 4.69) is 26.4 Å². The molecule has 1 aliphatic heterocycles. The molecule has 0 spiro atoms. The number of unbranched alkanes of at least 4 members (excludes halogenated alkanes) is 1. The summed E-state index contributed by atoms with van der Waals surface area (Å²) < 4.78 is 0. The lowest BCUT2D eigenvalue weighted by molar-refractivity contribution is 0.416. The summed E-state index contributed by atoms with van der Waals surface area (Å²) in [7, 11) is 0. The molecule has 0 bridgehead atoms. The van der Waals surface area contributed by atoms with Crippen molar-refractivity contribution in [2.45, 2.75) is 31.7 Å². The lowest BCUT2D eigenvalue weighted by Gasteiger charge is -2.33. The summed E-state index contributed by atoms with van der Waals surface area (Å²) in [4.78, 5) is 11.0. The Balaban J connectivity index is 1.72. The molecule has 0 saturated carbocycles. The van der Waals surface area contributed by atoms with Crippen molar-refractivity contribution in [2.75, 3.05) is 36.5 Å². The summed E-state index contributed by atoms with van der Waals surface area (Å²) in [6.45, 7) is 3.25. The van der Waals surface area contributed by atoms with Crippen molar-refractivity contribution in [3.05, 3.63) is 18.5 Å². The second-order valence-electron chi connectivity index (χ2n) is 4.99. The molecule has 1 fully saturated rings.